The van der Waals surface area contributed by atoms with Crippen LogP contribution in [0, 0.1) is 0 Å². The molecule has 0 saturated heterocycles. The highest BCUT2D eigenvalue weighted by atomic mass is 31.2. The SMILES string of the molecule is O[P+](OCc1ccccc1)(OCc1ccccc1)c1ccnnn1. The maximum Gasteiger partial charge on any atom is 0.468 e. The number of aromatic nitrogens is 3. The van der Waals surface area contributed by atoms with Gasteiger partial charge in [-0.25, -0.2) is 0 Å². The van der Waals surface area contributed by atoms with Gasteiger partial charge < -0.3 is 0 Å². The Labute approximate surface area is 140 Å². The summed E-state index contributed by atoms with van der Waals surface area (Å²) in [5, 5.41) is 11.1. The standard InChI is InChI=1S/C17H17N3O3P/c21-24(17-11-12-18-20-19-17,22-13-15-7-3-1-4-8-15)23-14-16-9-5-2-6-10-16/h1-12,21H,13-14H2/q+1. The van der Waals surface area contributed by atoms with Crippen molar-refractivity contribution in [3.63, 3.8) is 0 Å². The van der Waals surface area contributed by atoms with Crippen molar-refractivity contribution in [3.05, 3.63) is 84.1 Å². The fourth-order valence-electron chi connectivity index (χ4n) is 2.03. The van der Waals surface area contributed by atoms with Crippen LogP contribution in [0.3, 0.4) is 0 Å². The van der Waals surface area contributed by atoms with Crippen molar-refractivity contribution in [1.82, 2.24) is 15.4 Å². The van der Waals surface area contributed by atoms with Crippen molar-refractivity contribution >= 4 is 13.4 Å². The maximum atomic E-state index is 10.9. The van der Waals surface area contributed by atoms with E-state index in [9.17, 15) is 4.89 Å². The lowest BCUT2D eigenvalue weighted by Gasteiger charge is -2.15. The summed E-state index contributed by atoms with van der Waals surface area (Å²) in [6.07, 6.45) is 1.45. The molecule has 0 saturated carbocycles. The van der Waals surface area contributed by atoms with Crippen LogP contribution in [-0.4, -0.2) is 20.3 Å². The number of nitrogens with zero attached hydrogens (tertiary/aromatic N) is 3. The molecule has 0 unspecified atom stereocenters. The van der Waals surface area contributed by atoms with Gasteiger partial charge in [-0.2, -0.15) is 13.9 Å². The Balaban J connectivity index is 1.75. The molecule has 0 aliphatic carbocycles. The number of rotatable bonds is 7. The van der Waals surface area contributed by atoms with E-state index in [2.05, 4.69) is 15.4 Å². The summed E-state index contributed by atoms with van der Waals surface area (Å²) >= 11 is 0. The van der Waals surface area contributed by atoms with Crippen molar-refractivity contribution in [2.45, 2.75) is 13.2 Å². The molecular weight excluding hydrogens is 325 g/mol. The molecule has 3 rings (SSSR count). The second-order valence-electron chi connectivity index (χ2n) is 5.02. The molecule has 0 fully saturated rings. The van der Waals surface area contributed by atoms with Crippen molar-refractivity contribution in [1.29, 1.82) is 0 Å². The largest absolute Gasteiger partial charge is 0.468 e. The highest BCUT2D eigenvalue weighted by molar-refractivity contribution is 7.68. The van der Waals surface area contributed by atoms with E-state index in [0.717, 1.165) is 11.1 Å². The molecule has 0 aliphatic heterocycles. The summed E-state index contributed by atoms with van der Waals surface area (Å²) in [7, 11) is -3.37. The van der Waals surface area contributed by atoms with Crippen molar-refractivity contribution in [3.8, 4) is 0 Å². The summed E-state index contributed by atoms with van der Waals surface area (Å²) in [4.78, 5) is 10.9. The minimum atomic E-state index is -3.37. The van der Waals surface area contributed by atoms with Crippen LogP contribution in [-0.2, 0) is 22.3 Å². The highest BCUT2D eigenvalue weighted by Gasteiger charge is 2.47. The first-order chi connectivity index (χ1) is 11.8. The van der Waals surface area contributed by atoms with Crippen LogP contribution in [0.15, 0.2) is 72.9 Å². The topological polar surface area (TPSA) is 77.4 Å². The number of benzene rings is 2. The van der Waals surface area contributed by atoms with E-state index in [4.69, 9.17) is 9.05 Å². The van der Waals surface area contributed by atoms with E-state index >= 15 is 0 Å². The minimum Gasteiger partial charge on any atom is -0.187 e. The Bertz CT molecular complexity index is 701. The Hall–Kier alpha value is -2.24. The quantitative estimate of drug-likeness (QED) is 0.665. The minimum absolute atomic E-state index is 0.212. The third-order valence-corrected chi connectivity index (χ3v) is 5.05. The van der Waals surface area contributed by atoms with Crippen LogP contribution >= 0.6 is 7.94 Å². The Kier molecular flexibility index (Phi) is 5.56. The fourth-order valence-corrected chi connectivity index (χ4v) is 3.42. The summed E-state index contributed by atoms with van der Waals surface area (Å²) < 4.78 is 11.5. The number of hydrogen-bond donors (Lipinski definition) is 1. The molecule has 0 aliphatic rings. The van der Waals surface area contributed by atoms with Gasteiger partial charge in [0.25, 0.3) is 5.44 Å². The lowest BCUT2D eigenvalue weighted by atomic mass is 10.2. The molecule has 0 spiro atoms. The van der Waals surface area contributed by atoms with Crippen LogP contribution in [0.5, 0.6) is 0 Å². The van der Waals surface area contributed by atoms with E-state index in [1.165, 1.54) is 6.20 Å². The normalized spacial score (nSPS) is 11.4. The molecule has 24 heavy (non-hydrogen) atoms. The second kappa shape index (κ2) is 8.04. The van der Waals surface area contributed by atoms with Gasteiger partial charge in [0, 0.05) is 6.07 Å². The Morgan fingerprint density at radius 3 is 1.79 bits per heavy atom. The summed E-state index contributed by atoms with van der Waals surface area (Å²) in [6.45, 7) is 0.424. The molecule has 7 heteroatoms. The lowest BCUT2D eigenvalue weighted by molar-refractivity contribution is 0.171. The van der Waals surface area contributed by atoms with Crippen molar-refractivity contribution in [2.24, 2.45) is 0 Å². The predicted octanol–water partition coefficient (Wildman–Crippen LogP) is 2.69. The van der Waals surface area contributed by atoms with E-state index in [0.29, 0.717) is 0 Å². The molecule has 0 bridgehead atoms. The van der Waals surface area contributed by atoms with Gasteiger partial charge in [0.1, 0.15) is 13.2 Å². The summed E-state index contributed by atoms with van der Waals surface area (Å²) in [5.74, 6) is 0. The maximum absolute atomic E-state index is 10.9. The van der Waals surface area contributed by atoms with Gasteiger partial charge in [-0.15, -0.1) is 5.10 Å². The molecule has 3 aromatic rings. The second-order valence-corrected chi connectivity index (χ2v) is 7.03. The zero-order valence-corrected chi connectivity index (χ0v) is 13.8. The smallest absolute Gasteiger partial charge is 0.187 e. The van der Waals surface area contributed by atoms with Crippen LogP contribution in [0.1, 0.15) is 11.1 Å². The van der Waals surface area contributed by atoms with E-state index in [1.807, 2.05) is 60.7 Å². The van der Waals surface area contributed by atoms with E-state index in [1.54, 1.807) is 6.07 Å². The first kappa shape index (κ1) is 16.6. The Morgan fingerprint density at radius 1 is 0.792 bits per heavy atom. The van der Waals surface area contributed by atoms with Gasteiger partial charge in [0.05, 0.1) is 6.20 Å². The Morgan fingerprint density at radius 2 is 1.33 bits per heavy atom. The van der Waals surface area contributed by atoms with Gasteiger partial charge in [0.15, 0.2) is 0 Å². The van der Waals surface area contributed by atoms with Gasteiger partial charge in [0.2, 0.25) is 0 Å². The first-order valence-corrected chi connectivity index (χ1v) is 8.98. The van der Waals surface area contributed by atoms with Gasteiger partial charge in [-0.1, -0.05) is 65.8 Å². The summed E-state index contributed by atoms with van der Waals surface area (Å²) in [5.41, 5.74) is 2.12. The van der Waals surface area contributed by atoms with E-state index < -0.39 is 7.94 Å². The van der Waals surface area contributed by atoms with E-state index in [-0.39, 0.29) is 18.6 Å². The molecule has 1 aromatic heterocycles. The molecule has 0 radical (unpaired) electrons. The third kappa shape index (κ3) is 4.40. The van der Waals surface area contributed by atoms with Crippen molar-refractivity contribution in [2.75, 3.05) is 0 Å². The van der Waals surface area contributed by atoms with Gasteiger partial charge in [-0.05, 0) is 16.3 Å². The van der Waals surface area contributed by atoms with Crippen LogP contribution in [0.25, 0.3) is 0 Å². The lowest BCUT2D eigenvalue weighted by Crippen LogP contribution is -2.21. The molecule has 0 atom stereocenters. The fraction of sp³-hybridized carbons (Fsp3) is 0.118. The van der Waals surface area contributed by atoms with Crippen LogP contribution in [0.2, 0.25) is 0 Å². The molecule has 2 aromatic carbocycles. The molecule has 122 valence electrons. The zero-order chi connectivity index (χ0) is 16.7. The first-order valence-electron chi connectivity index (χ1n) is 7.40. The van der Waals surface area contributed by atoms with Crippen LogP contribution < -0.4 is 5.44 Å². The average Bonchev–Trinajstić information content (AvgIpc) is 2.67. The molecular formula is C17H17N3O3P+. The molecule has 1 heterocycles. The monoisotopic (exact) mass is 342 g/mol. The predicted molar refractivity (Wildman–Crippen MR) is 91.1 cm³/mol. The molecule has 1 N–H and O–H groups in total. The number of hydrogen-bond acceptors (Lipinski definition) is 6. The zero-order valence-electron chi connectivity index (χ0n) is 12.9. The van der Waals surface area contributed by atoms with Gasteiger partial charge >= 0.3 is 7.94 Å². The molecule has 6 nitrogen and oxygen atoms in total. The van der Waals surface area contributed by atoms with Gasteiger partial charge in [-0.3, -0.25) is 0 Å². The highest BCUT2D eigenvalue weighted by Crippen LogP contribution is 2.56. The average molecular weight is 342 g/mol. The van der Waals surface area contributed by atoms with Crippen molar-refractivity contribution < 1.29 is 13.9 Å². The third-order valence-electron chi connectivity index (χ3n) is 3.28. The summed E-state index contributed by atoms with van der Waals surface area (Å²) in [6, 6.07) is 20.7. The molecule has 0 amide bonds. The van der Waals surface area contributed by atoms with Crippen LogP contribution in [0.4, 0.5) is 0 Å².